The molecule has 0 unspecified atom stereocenters. The predicted octanol–water partition coefficient (Wildman–Crippen LogP) is 3.79. The number of aromatic nitrogens is 3. The highest BCUT2D eigenvalue weighted by Gasteiger charge is 2.15. The topological polar surface area (TPSA) is 67.6 Å². The van der Waals surface area contributed by atoms with Crippen LogP contribution in [0.5, 0.6) is 0 Å². The second kappa shape index (κ2) is 5.09. The third kappa shape index (κ3) is 2.20. The van der Waals surface area contributed by atoms with E-state index in [9.17, 15) is 0 Å². The summed E-state index contributed by atoms with van der Waals surface area (Å²) in [5, 5.41) is 7.13. The van der Waals surface area contributed by atoms with Gasteiger partial charge in [-0.05, 0) is 36.8 Å². The first-order valence-corrected chi connectivity index (χ1v) is 6.98. The van der Waals surface area contributed by atoms with Gasteiger partial charge in [0.15, 0.2) is 5.82 Å². The highest BCUT2D eigenvalue weighted by Crippen LogP contribution is 2.34. The lowest BCUT2D eigenvalue weighted by Gasteiger charge is -2.06. The van der Waals surface area contributed by atoms with Crippen molar-refractivity contribution in [3.05, 3.63) is 52.6 Å². The van der Waals surface area contributed by atoms with Crippen LogP contribution in [0.4, 0.5) is 5.82 Å². The number of aryl methyl sites for hydroxylation is 1. The molecule has 0 atom stereocenters. The van der Waals surface area contributed by atoms with Gasteiger partial charge in [-0.25, -0.2) is 0 Å². The number of pyridine rings is 1. The van der Waals surface area contributed by atoms with E-state index in [-0.39, 0.29) is 0 Å². The highest BCUT2D eigenvalue weighted by molar-refractivity contribution is 9.10. The van der Waals surface area contributed by atoms with Gasteiger partial charge in [-0.2, -0.15) is 5.10 Å². The van der Waals surface area contributed by atoms with Crippen molar-refractivity contribution < 1.29 is 0 Å². The first kappa shape index (κ1) is 12.9. The van der Waals surface area contributed by atoms with Crippen LogP contribution in [-0.2, 0) is 0 Å². The lowest BCUT2D eigenvalue weighted by atomic mass is 10.0. The Morgan fingerprint density at radius 1 is 1.20 bits per heavy atom. The van der Waals surface area contributed by atoms with Gasteiger partial charge in [-0.3, -0.25) is 10.1 Å². The Morgan fingerprint density at radius 3 is 2.75 bits per heavy atom. The van der Waals surface area contributed by atoms with E-state index in [1.165, 1.54) is 0 Å². The number of anilines is 1. The smallest absolute Gasteiger partial charge is 0.155 e. The quantitative estimate of drug-likeness (QED) is 0.752. The standard InChI is InChI=1S/C15H13BrN4/c1-9-8-10(5-6-11(9)16)14-13(15(17)20-19-14)12-4-2-3-7-18-12/h2-8H,1H3,(H3,17,19,20). The molecule has 4 nitrogen and oxygen atoms in total. The van der Waals surface area contributed by atoms with E-state index in [1.807, 2.05) is 37.3 Å². The summed E-state index contributed by atoms with van der Waals surface area (Å²) >= 11 is 3.51. The van der Waals surface area contributed by atoms with E-state index in [0.717, 1.165) is 32.6 Å². The molecule has 0 spiro atoms. The molecule has 0 fully saturated rings. The Morgan fingerprint density at radius 2 is 2.05 bits per heavy atom. The van der Waals surface area contributed by atoms with Gasteiger partial charge in [0.05, 0.1) is 17.0 Å². The molecule has 2 aromatic heterocycles. The molecule has 0 amide bonds. The number of aromatic amines is 1. The summed E-state index contributed by atoms with van der Waals surface area (Å²) in [5.74, 6) is 0.458. The Kier molecular flexibility index (Phi) is 3.28. The van der Waals surface area contributed by atoms with Gasteiger partial charge in [0.1, 0.15) is 0 Å². The van der Waals surface area contributed by atoms with Crippen molar-refractivity contribution in [3.8, 4) is 22.5 Å². The Bertz CT molecular complexity index is 750. The van der Waals surface area contributed by atoms with Crippen molar-refractivity contribution in [1.29, 1.82) is 0 Å². The van der Waals surface area contributed by atoms with Gasteiger partial charge in [0.2, 0.25) is 0 Å². The van der Waals surface area contributed by atoms with Gasteiger partial charge in [-0.1, -0.05) is 28.1 Å². The van der Waals surface area contributed by atoms with E-state index < -0.39 is 0 Å². The van der Waals surface area contributed by atoms with Crippen LogP contribution >= 0.6 is 15.9 Å². The molecule has 100 valence electrons. The van der Waals surface area contributed by atoms with Crippen molar-refractivity contribution in [3.63, 3.8) is 0 Å². The zero-order valence-electron chi connectivity index (χ0n) is 10.9. The maximum absolute atomic E-state index is 5.99. The summed E-state index contributed by atoms with van der Waals surface area (Å²) in [6, 6.07) is 11.9. The number of nitrogens with one attached hydrogen (secondary N) is 1. The van der Waals surface area contributed by atoms with E-state index in [4.69, 9.17) is 5.73 Å². The van der Waals surface area contributed by atoms with Crippen LogP contribution in [0, 0.1) is 6.92 Å². The first-order valence-electron chi connectivity index (χ1n) is 6.18. The third-order valence-electron chi connectivity index (χ3n) is 3.16. The fraction of sp³-hybridized carbons (Fsp3) is 0.0667. The molecular weight excluding hydrogens is 316 g/mol. The van der Waals surface area contributed by atoms with Crippen LogP contribution in [0.3, 0.4) is 0 Å². The van der Waals surface area contributed by atoms with Crippen LogP contribution in [0.25, 0.3) is 22.5 Å². The number of nitrogens with two attached hydrogens (primary N) is 1. The van der Waals surface area contributed by atoms with Gasteiger partial charge in [0, 0.05) is 16.2 Å². The summed E-state index contributed by atoms with van der Waals surface area (Å²) in [6.45, 7) is 2.05. The highest BCUT2D eigenvalue weighted by atomic mass is 79.9. The minimum absolute atomic E-state index is 0.458. The summed E-state index contributed by atoms with van der Waals surface area (Å²) in [7, 11) is 0. The first-order chi connectivity index (χ1) is 9.66. The molecule has 2 heterocycles. The predicted molar refractivity (Wildman–Crippen MR) is 84.1 cm³/mol. The minimum atomic E-state index is 0.458. The number of halogens is 1. The molecular formula is C15H13BrN4. The van der Waals surface area contributed by atoms with E-state index in [1.54, 1.807) is 6.20 Å². The molecule has 5 heteroatoms. The van der Waals surface area contributed by atoms with Crippen LogP contribution < -0.4 is 5.73 Å². The van der Waals surface area contributed by atoms with Crippen LogP contribution in [-0.4, -0.2) is 15.2 Å². The van der Waals surface area contributed by atoms with Crippen molar-refractivity contribution in [2.75, 3.05) is 5.73 Å². The number of hydrogen-bond acceptors (Lipinski definition) is 3. The molecule has 3 rings (SSSR count). The average Bonchev–Trinajstić information content (AvgIpc) is 2.85. The average molecular weight is 329 g/mol. The van der Waals surface area contributed by atoms with Crippen molar-refractivity contribution in [2.24, 2.45) is 0 Å². The maximum Gasteiger partial charge on any atom is 0.155 e. The molecule has 0 saturated carbocycles. The fourth-order valence-corrected chi connectivity index (χ4v) is 2.38. The second-order valence-electron chi connectivity index (χ2n) is 4.54. The van der Waals surface area contributed by atoms with Gasteiger partial charge in [0.25, 0.3) is 0 Å². The van der Waals surface area contributed by atoms with Crippen molar-refractivity contribution in [1.82, 2.24) is 15.2 Å². The van der Waals surface area contributed by atoms with Gasteiger partial charge < -0.3 is 5.73 Å². The monoisotopic (exact) mass is 328 g/mol. The second-order valence-corrected chi connectivity index (χ2v) is 5.39. The molecule has 3 aromatic rings. The summed E-state index contributed by atoms with van der Waals surface area (Å²) in [6.07, 6.45) is 1.75. The molecule has 0 bridgehead atoms. The van der Waals surface area contributed by atoms with Crippen molar-refractivity contribution >= 4 is 21.7 Å². The lowest BCUT2D eigenvalue weighted by molar-refractivity contribution is 1.10. The minimum Gasteiger partial charge on any atom is -0.382 e. The van der Waals surface area contributed by atoms with Crippen LogP contribution in [0.1, 0.15) is 5.56 Å². The number of rotatable bonds is 2. The van der Waals surface area contributed by atoms with E-state index in [0.29, 0.717) is 5.82 Å². The normalized spacial score (nSPS) is 10.7. The molecule has 3 N–H and O–H groups in total. The molecule has 1 aromatic carbocycles. The van der Waals surface area contributed by atoms with E-state index >= 15 is 0 Å². The maximum atomic E-state index is 5.99. The molecule has 0 aliphatic carbocycles. The molecule has 0 saturated heterocycles. The van der Waals surface area contributed by atoms with Gasteiger partial charge in [-0.15, -0.1) is 0 Å². The Balaban J connectivity index is 2.18. The van der Waals surface area contributed by atoms with E-state index in [2.05, 4.69) is 37.2 Å². The molecule has 0 radical (unpaired) electrons. The number of H-pyrrole nitrogens is 1. The Hall–Kier alpha value is -2.14. The largest absolute Gasteiger partial charge is 0.382 e. The van der Waals surface area contributed by atoms with Crippen LogP contribution in [0.2, 0.25) is 0 Å². The SMILES string of the molecule is Cc1cc(-c2[nH]nc(N)c2-c2ccccn2)ccc1Br. The molecule has 0 aliphatic heterocycles. The molecule has 0 aliphatic rings. The number of hydrogen-bond donors (Lipinski definition) is 2. The summed E-state index contributed by atoms with van der Waals surface area (Å²) < 4.78 is 1.08. The zero-order chi connectivity index (χ0) is 14.1. The zero-order valence-corrected chi connectivity index (χ0v) is 12.5. The van der Waals surface area contributed by atoms with Gasteiger partial charge >= 0.3 is 0 Å². The fourth-order valence-electron chi connectivity index (χ4n) is 2.14. The third-order valence-corrected chi connectivity index (χ3v) is 4.05. The summed E-state index contributed by atoms with van der Waals surface area (Å²) in [5.41, 5.74) is 10.7. The number of nitrogen functional groups attached to an aromatic ring is 1. The summed E-state index contributed by atoms with van der Waals surface area (Å²) in [4.78, 5) is 4.36. The number of nitrogens with zero attached hydrogens (tertiary/aromatic N) is 2. The van der Waals surface area contributed by atoms with Crippen LogP contribution in [0.15, 0.2) is 47.1 Å². The Labute approximate surface area is 125 Å². The van der Waals surface area contributed by atoms with Crippen molar-refractivity contribution in [2.45, 2.75) is 6.92 Å². The number of benzene rings is 1. The lowest BCUT2D eigenvalue weighted by Crippen LogP contribution is -1.91. The molecule has 20 heavy (non-hydrogen) atoms.